The van der Waals surface area contributed by atoms with Crippen LogP contribution in [0.5, 0.6) is 0 Å². The van der Waals surface area contributed by atoms with E-state index in [1.54, 1.807) is 4.57 Å². The zero-order valence-corrected chi connectivity index (χ0v) is 18.6. The minimum Gasteiger partial charge on any atom is -0.369 e. The van der Waals surface area contributed by atoms with E-state index in [1.165, 1.54) is 56.8 Å². The van der Waals surface area contributed by atoms with Crippen molar-refractivity contribution in [2.24, 2.45) is 0 Å². The molecule has 0 aliphatic heterocycles. The highest BCUT2D eigenvalue weighted by Crippen LogP contribution is 2.18. The molecule has 2 heterocycles. The van der Waals surface area contributed by atoms with Crippen molar-refractivity contribution in [2.75, 3.05) is 5.73 Å². The van der Waals surface area contributed by atoms with E-state index in [9.17, 15) is 4.79 Å². The molecule has 3 rings (SSSR count). The van der Waals surface area contributed by atoms with Gasteiger partial charge in [-0.3, -0.25) is 14.7 Å². The summed E-state index contributed by atoms with van der Waals surface area (Å²) in [5.41, 5.74) is 7.93. The fourth-order valence-electron chi connectivity index (χ4n) is 4.02. The number of anilines is 1. The van der Waals surface area contributed by atoms with Crippen LogP contribution in [0.3, 0.4) is 0 Å². The van der Waals surface area contributed by atoms with Crippen LogP contribution in [0.25, 0.3) is 11.2 Å². The van der Waals surface area contributed by atoms with Crippen molar-refractivity contribution in [3.8, 4) is 0 Å². The molecule has 2 aromatic heterocycles. The van der Waals surface area contributed by atoms with E-state index in [2.05, 4.69) is 39.3 Å². The van der Waals surface area contributed by atoms with Gasteiger partial charge < -0.3 is 10.7 Å². The minimum absolute atomic E-state index is 0.179. The number of hydrogen-bond acceptors (Lipinski definition) is 5. The number of nitrogen functional groups attached to an aromatic ring is 1. The number of unbranched alkanes of at least 4 members (excludes halogenated alkanes) is 8. The van der Waals surface area contributed by atoms with E-state index in [0.29, 0.717) is 17.7 Å². The summed E-state index contributed by atoms with van der Waals surface area (Å²) in [6.45, 7) is 2.91. The number of H-pyrrole nitrogens is 1. The summed E-state index contributed by atoms with van der Waals surface area (Å²) in [7, 11) is 0. The van der Waals surface area contributed by atoms with Gasteiger partial charge in [-0.1, -0.05) is 95.0 Å². The summed E-state index contributed by atoms with van der Waals surface area (Å²) in [6.07, 6.45) is 13.5. The lowest BCUT2D eigenvalue weighted by atomic mass is 10.1. The van der Waals surface area contributed by atoms with Gasteiger partial charge in [0, 0.05) is 6.54 Å². The fourth-order valence-corrected chi connectivity index (χ4v) is 4.02. The summed E-state index contributed by atoms with van der Waals surface area (Å²) in [6, 6.07) is 10.2. The Labute approximate surface area is 184 Å². The van der Waals surface area contributed by atoms with E-state index in [-0.39, 0.29) is 17.7 Å². The highest BCUT2D eigenvalue weighted by atomic mass is 16.1. The molecule has 0 saturated carbocycles. The van der Waals surface area contributed by atoms with Gasteiger partial charge in [-0.2, -0.15) is 4.98 Å². The predicted molar refractivity (Wildman–Crippen MR) is 127 cm³/mol. The second-order valence-electron chi connectivity index (χ2n) is 8.25. The quantitative estimate of drug-likeness (QED) is 0.319. The largest absolute Gasteiger partial charge is 0.369 e. The maximum Gasteiger partial charge on any atom is 0.282 e. The topological polar surface area (TPSA) is 102 Å². The number of rotatable bonds is 14. The number of aromatic amines is 1. The predicted octanol–water partition coefficient (Wildman–Crippen LogP) is 4.91. The molecular weight excluding hydrogens is 388 g/mol. The van der Waals surface area contributed by atoms with Crippen LogP contribution in [-0.2, 0) is 6.54 Å². The van der Waals surface area contributed by atoms with Gasteiger partial charge in [0.2, 0.25) is 5.95 Å². The third-order valence-electron chi connectivity index (χ3n) is 5.80. The highest BCUT2D eigenvalue weighted by Gasteiger charge is 2.18. The molecule has 4 N–H and O–H groups in total. The van der Waals surface area contributed by atoms with Crippen LogP contribution in [0.15, 0.2) is 41.5 Å². The molecule has 31 heavy (non-hydrogen) atoms. The first-order valence-electron chi connectivity index (χ1n) is 11.7. The van der Waals surface area contributed by atoms with E-state index < -0.39 is 0 Å². The van der Waals surface area contributed by atoms with Gasteiger partial charge >= 0.3 is 0 Å². The Balaban J connectivity index is 1.61. The average molecular weight is 425 g/mol. The van der Waals surface area contributed by atoms with Crippen LogP contribution < -0.4 is 16.6 Å². The number of nitrogens with zero attached hydrogens (tertiary/aromatic N) is 3. The van der Waals surface area contributed by atoms with E-state index in [0.717, 1.165) is 19.3 Å². The Morgan fingerprint density at radius 1 is 1.03 bits per heavy atom. The van der Waals surface area contributed by atoms with Crippen LogP contribution >= 0.6 is 0 Å². The Morgan fingerprint density at radius 3 is 2.42 bits per heavy atom. The maximum atomic E-state index is 13.1. The molecule has 0 aliphatic carbocycles. The van der Waals surface area contributed by atoms with Crippen molar-refractivity contribution in [1.29, 1.82) is 0 Å². The number of hydrogen-bond donors (Lipinski definition) is 3. The molecule has 1 unspecified atom stereocenters. The first kappa shape index (κ1) is 23.0. The van der Waals surface area contributed by atoms with Gasteiger partial charge in [0.05, 0.1) is 12.5 Å². The maximum absolute atomic E-state index is 13.1. The first-order valence-corrected chi connectivity index (χ1v) is 11.7. The van der Waals surface area contributed by atoms with Crippen LogP contribution in [0.4, 0.5) is 5.95 Å². The lowest BCUT2D eigenvalue weighted by Gasteiger charge is -2.22. The van der Waals surface area contributed by atoms with Crippen molar-refractivity contribution in [3.63, 3.8) is 0 Å². The molecule has 0 bridgehead atoms. The van der Waals surface area contributed by atoms with Crippen molar-refractivity contribution in [2.45, 2.75) is 83.8 Å². The van der Waals surface area contributed by atoms with Crippen LogP contribution in [0.2, 0.25) is 0 Å². The van der Waals surface area contributed by atoms with Crippen LogP contribution in [-0.4, -0.2) is 19.5 Å². The van der Waals surface area contributed by atoms with Crippen LogP contribution in [0.1, 0.15) is 82.9 Å². The Hall–Kier alpha value is -2.67. The third kappa shape index (κ3) is 6.66. The monoisotopic (exact) mass is 424 g/mol. The van der Waals surface area contributed by atoms with Gasteiger partial charge in [0.1, 0.15) is 0 Å². The zero-order chi connectivity index (χ0) is 21.9. The van der Waals surface area contributed by atoms with Crippen molar-refractivity contribution in [1.82, 2.24) is 24.8 Å². The van der Waals surface area contributed by atoms with Gasteiger partial charge in [-0.25, -0.2) is 4.98 Å². The Morgan fingerprint density at radius 2 is 1.71 bits per heavy atom. The summed E-state index contributed by atoms with van der Waals surface area (Å²) in [4.78, 5) is 24.4. The lowest BCUT2D eigenvalue weighted by molar-refractivity contribution is 0.355. The van der Waals surface area contributed by atoms with Crippen molar-refractivity contribution >= 4 is 17.1 Å². The summed E-state index contributed by atoms with van der Waals surface area (Å²) in [5, 5.41) is 3.52. The zero-order valence-electron chi connectivity index (χ0n) is 18.6. The molecule has 1 aromatic carbocycles. The normalized spacial score (nSPS) is 12.4. The minimum atomic E-state index is -0.211. The van der Waals surface area contributed by atoms with Gasteiger partial charge in [-0.05, 0) is 12.0 Å². The van der Waals surface area contributed by atoms with Gasteiger partial charge in [0.15, 0.2) is 11.2 Å². The number of nitrogens with one attached hydrogen (secondary N) is 2. The second-order valence-corrected chi connectivity index (χ2v) is 8.25. The molecule has 7 heteroatoms. The average Bonchev–Trinajstić information content (AvgIpc) is 3.25. The summed E-state index contributed by atoms with van der Waals surface area (Å²) in [5.74, 6) is 0.200. The SMILES string of the molecule is CCCCCCCCCCCC(NCc1ccccc1)n1c(N)nc2nc[nH]c2c1=O. The standard InChI is InChI=1S/C24H36N6O/c1-2-3-4-5-6-7-8-9-13-16-20(26-17-19-14-11-10-12-15-19)30-23(31)21-22(28-18-27-21)29-24(30)25/h10-12,14-15,18,20,26H,2-9,13,16-17H2,1H3,(H2,25,29)(H,27,28). The Kier molecular flexibility index (Phi) is 9.09. The number of aromatic nitrogens is 4. The molecular formula is C24H36N6O. The number of nitrogens with two attached hydrogens (primary N) is 1. The second kappa shape index (κ2) is 12.2. The molecule has 0 radical (unpaired) electrons. The molecule has 0 spiro atoms. The third-order valence-corrected chi connectivity index (χ3v) is 5.80. The van der Waals surface area contributed by atoms with Crippen LogP contribution in [0, 0.1) is 0 Å². The van der Waals surface area contributed by atoms with E-state index in [1.807, 2.05) is 18.2 Å². The molecule has 0 amide bonds. The molecule has 168 valence electrons. The molecule has 0 saturated heterocycles. The number of fused-ring (bicyclic) bond motifs is 1. The highest BCUT2D eigenvalue weighted by molar-refractivity contribution is 5.69. The Bertz CT molecular complexity index is 965. The lowest BCUT2D eigenvalue weighted by Crippen LogP contribution is -2.36. The smallest absolute Gasteiger partial charge is 0.282 e. The summed E-state index contributed by atoms with van der Waals surface area (Å²) < 4.78 is 1.58. The molecule has 3 aromatic rings. The molecule has 0 aliphatic rings. The van der Waals surface area contributed by atoms with E-state index in [4.69, 9.17) is 5.73 Å². The molecule has 7 nitrogen and oxygen atoms in total. The first-order chi connectivity index (χ1) is 15.2. The van der Waals surface area contributed by atoms with E-state index >= 15 is 0 Å². The fraction of sp³-hybridized carbons (Fsp3) is 0.542. The summed E-state index contributed by atoms with van der Waals surface area (Å²) >= 11 is 0. The van der Waals surface area contributed by atoms with Crippen molar-refractivity contribution in [3.05, 3.63) is 52.6 Å². The van der Waals surface area contributed by atoms with Gasteiger partial charge in [-0.15, -0.1) is 0 Å². The number of benzene rings is 1. The molecule has 1 atom stereocenters. The molecule has 0 fully saturated rings. The van der Waals surface area contributed by atoms with Gasteiger partial charge in [0.25, 0.3) is 5.56 Å². The number of imidazole rings is 1. The van der Waals surface area contributed by atoms with Crippen molar-refractivity contribution < 1.29 is 0 Å².